The lowest BCUT2D eigenvalue weighted by Gasteiger charge is -2.20. The molecule has 0 saturated carbocycles. The van der Waals surface area contributed by atoms with Crippen molar-refractivity contribution in [3.63, 3.8) is 0 Å². The van der Waals surface area contributed by atoms with Gasteiger partial charge in [0.05, 0.1) is 17.6 Å². The molecule has 0 bridgehead atoms. The fourth-order valence-electron chi connectivity index (χ4n) is 2.64. The lowest BCUT2D eigenvalue weighted by molar-refractivity contribution is 0.419. The third kappa shape index (κ3) is 1.53. The van der Waals surface area contributed by atoms with Crippen LogP contribution in [0.1, 0.15) is 24.2 Å². The van der Waals surface area contributed by atoms with E-state index in [9.17, 15) is 0 Å². The second-order valence-electron chi connectivity index (χ2n) is 4.44. The fraction of sp³-hybridized carbons (Fsp3) is 0.385. The van der Waals surface area contributed by atoms with Crippen LogP contribution in [-0.2, 0) is 6.42 Å². The zero-order valence-electron chi connectivity index (χ0n) is 9.93. The van der Waals surface area contributed by atoms with Crippen molar-refractivity contribution in [1.29, 1.82) is 0 Å². The molecule has 1 aromatic heterocycles. The molecule has 2 heterocycles. The van der Waals surface area contributed by atoms with E-state index in [4.69, 9.17) is 16.3 Å². The van der Waals surface area contributed by atoms with E-state index in [1.807, 2.05) is 12.1 Å². The summed E-state index contributed by atoms with van der Waals surface area (Å²) in [5, 5.41) is 5.34. The molecule has 1 aromatic carbocycles. The zero-order valence-corrected chi connectivity index (χ0v) is 10.7. The molecular formula is C13H15ClN2O. The minimum absolute atomic E-state index is 0.340. The monoisotopic (exact) mass is 250 g/mol. The van der Waals surface area contributed by atoms with Gasteiger partial charge in [-0.2, -0.15) is 0 Å². The second-order valence-corrected chi connectivity index (χ2v) is 4.85. The van der Waals surface area contributed by atoms with Crippen LogP contribution in [0.4, 0.5) is 0 Å². The Hall–Kier alpha value is -1.19. The van der Waals surface area contributed by atoms with Gasteiger partial charge in [0.1, 0.15) is 5.75 Å². The molecule has 0 spiro atoms. The first kappa shape index (κ1) is 10.9. The number of aromatic amines is 1. The van der Waals surface area contributed by atoms with Crippen molar-refractivity contribution in [2.45, 2.75) is 19.4 Å². The number of hydrogen-bond acceptors (Lipinski definition) is 2. The average molecular weight is 251 g/mol. The van der Waals surface area contributed by atoms with Gasteiger partial charge >= 0.3 is 0 Å². The van der Waals surface area contributed by atoms with Gasteiger partial charge in [0.25, 0.3) is 0 Å². The van der Waals surface area contributed by atoms with Crippen LogP contribution in [0.2, 0.25) is 5.02 Å². The minimum Gasteiger partial charge on any atom is -0.496 e. The topological polar surface area (TPSA) is 37.0 Å². The maximum atomic E-state index is 6.25. The predicted molar refractivity (Wildman–Crippen MR) is 70.0 cm³/mol. The van der Waals surface area contributed by atoms with Gasteiger partial charge in [-0.3, -0.25) is 0 Å². The Kier molecular flexibility index (Phi) is 2.53. The smallest absolute Gasteiger partial charge is 0.128 e. The van der Waals surface area contributed by atoms with E-state index >= 15 is 0 Å². The Bertz CT molecular complexity index is 576. The van der Waals surface area contributed by atoms with Gasteiger partial charge in [0, 0.05) is 17.1 Å². The minimum atomic E-state index is 0.340. The highest BCUT2D eigenvalue weighted by Gasteiger charge is 2.23. The second kappa shape index (κ2) is 3.93. The molecular weight excluding hydrogens is 236 g/mol. The van der Waals surface area contributed by atoms with Crippen LogP contribution >= 0.6 is 11.6 Å². The summed E-state index contributed by atoms with van der Waals surface area (Å²) in [5.74, 6) is 0.899. The molecule has 3 rings (SSSR count). The van der Waals surface area contributed by atoms with Gasteiger partial charge in [-0.1, -0.05) is 11.6 Å². The third-order valence-corrected chi connectivity index (χ3v) is 3.80. The molecule has 1 aliphatic rings. The van der Waals surface area contributed by atoms with Gasteiger partial charge in [0.15, 0.2) is 0 Å². The van der Waals surface area contributed by atoms with Crippen LogP contribution in [0.3, 0.4) is 0 Å². The van der Waals surface area contributed by atoms with E-state index in [-0.39, 0.29) is 0 Å². The van der Waals surface area contributed by atoms with Crippen LogP contribution < -0.4 is 10.1 Å². The lowest BCUT2D eigenvalue weighted by Crippen LogP contribution is -2.27. The van der Waals surface area contributed by atoms with E-state index < -0.39 is 0 Å². The van der Waals surface area contributed by atoms with Crippen molar-refractivity contribution in [2.24, 2.45) is 0 Å². The summed E-state index contributed by atoms with van der Waals surface area (Å²) < 4.78 is 5.44. The summed E-state index contributed by atoms with van der Waals surface area (Å²) in [7, 11) is 1.70. The summed E-state index contributed by atoms with van der Waals surface area (Å²) >= 11 is 6.25. The summed E-state index contributed by atoms with van der Waals surface area (Å²) in [5.41, 5.74) is 3.56. The summed E-state index contributed by atoms with van der Waals surface area (Å²) in [6, 6.07) is 4.15. The summed E-state index contributed by atoms with van der Waals surface area (Å²) in [4.78, 5) is 3.43. The number of rotatable bonds is 1. The molecule has 3 nitrogen and oxygen atoms in total. The number of benzene rings is 1. The Morgan fingerprint density at radius 2 is 2.24 bits per heavy atom. The maximum Gasteiger partial charge on any atom is 0.128 e. The molecule has 1 atom stereocenters. The Balaban J connectivity index is 2.37. The van der Waals surface area contributed by atoms with Crippen molar-refractivity contribution in [2.75, 3.05) is 13.7 Å². The highest BCUT2D eigenvalue weighted by Crippen LogP contribution is 2.38. The first-order valence-corrected chi connectivity index (χ1v) is 6.20. The fourth-order valence-corrected chi connectivity index (χ4v) is 2.84. The van der Waals surface area contributed by atoms with Crippen LogP contribution in [0, 0.1) is 0 Å². The number of halogens is 1. The Morgan fingerprint density at radius 3 is 3.00 bits per heavy atom. The Labute approximate surface area is 105 Å². The van der Waals surface area contributed by atoms with Crippen LogP contribution in [0.5, 0.6) is 5.75 Å². The number of hydrogen-bond donors (Lipinski definition) is 2. The molecule has 17 heavy (non-hydrogen) atoms. The normalized spacial score (nSPS) is 19.4. The molecule has 2 N–H and O–H groups in total. The molecule has 2 aromatic rings. The van der Waals surface area contributed by atoms with Gasteiger partial charge < -0.3 is 15.0 Å². The first-order chi connectivity index (χ1) is 8.22. The molecule has 90 valence electrons. The van der Waals surface area contributed by atoms with E-state index in [0.29, 0.717) is 6.04 Å². The maximum absolute atomic E-state index is 6.25. The number of aromatic nitrogens is 1. The predicted octanol–water partition coefficient (Wildman–Crippen LogP) is 3.04. The molecule has 0 aliphatic carbocycles. The SMILES string of the molecule is COc1ccc(Cl)c2[nH]c3c(c12)CCNC3C. The van der Waals surface area contributed by atoms with E-state index in [1.54, 1.807) is 7.11 Å². The van der Waals surface area contributed by atoms with Gasteiger partial charge in [-0.15, -0.1) is 0 Å². The quantitative estimate of drug-likeness (QED) is 0.816. The van der Waals surface area contributed by atoms with Crippen LogP contribution in [0.25, 0.3) is 10.9 Å². The van der Waals surface area contributed by atoms with Crippen molar-refractivity contribution in [3.05, 3.63) is 28.4 Å². The number of nitrogens with one attached hydrogen (secondary N) is 2. The number of fused-ring (bicyclic) bond motifs is 3. The zero-order chi connectivity index (χ0) is 12.0. The van der Waals surface area contributed by atoms with Crippen molar-refractivity contribution in [1.82, 2.24) is 10.3 Å². The molecule has 0 radical (unpaired) electrons. The third-order valence-electron chi connectivity index (χ3n) is 3.48. The highest BCUT2D eigenvalue weighted by molar-refractivity contribution is 6.35. The molecule has 1 aliphatic heterocycles. The summed E-state index contributed by atoms with van der Waals surface area (Å²) in [6.07, 6.45) is 1.01. The largest absolute Gasteiger partial charge is 0.496 e. The molecule has 1 unspecified atom stereocenters. The average Bonchev–Trinajstić information content (AvgIpc) is 2.72. The highest BCUT2D eigenvalue weighted by atomic mass is 35.5. The van der Waals surface area contributed by atoms with Gasteiger partial charge in [-0.25, -0.2) is 0 Å². The van der Waals surface area contributed by atoms with Crippen molar-refractivity contribution in [3.8, 4) is 5.75 Å². The van der Waals surface area contributed by atoms with Crippen molar-refractivity contribution < 1.29 is 4.74 Å². The lowest BCUT2D eigenvalue weighted by atomic mass is 10.00. The van der Waals surface area contributed by atoms with Gasteiger partial charge in [-0.05, 0) is 37.6 Å². The van der Waals surface area contributed by atoms with E-state index in [1.165, 1.54) is 11.3 Å². The number of H-pyrrole nitrogens is 1. The van der Waals surface area contributed by atoms with Crippen LogP contribution in [0.15, 0.2) is 12.1 Å². The molecule has 0 amide bonds. The van der Waals surface area contributed by atoms with Crippen molar-refractivity contribution >= 4 is 22.5 Å². The molecule has 0 saturated heterocycles. The first-order valence-electron chi connectivity index (χ1n) is 5.82. The van der Waals surface area contributed by atoms with Crippen LogP contribution in [-0.4, -0.2) is 18.6 Å². The standard InChI is InChI=1S/C13H15ClN2O/c1-7-12-8(5-6-15-7)11-10(17-2)4-3-9(14)13(11)16-12/h3-4,7,15-16H,5-6H2,1-2H3. The van der Waals surface area contributed by atoms with E-state index in [2.05, 4.69) is 17.2 Å². The molecule has 4 heteroatoms. The van der Waals surface area contributed by atoms with E-state index in [0.717, 1.165) is 34.6 Å². The summed E-state index contributed by atoms with van der Waals surface area (Å²) in [6.45, 7) is 3.16. The Morgan fingerprint density at radius 1 is 1.41 bits per heavy atom. The molecule has 0 fully saturated rings. The number of ether oxygens (including phenoxy) is 1. The van der Waals surface area contributed by atoms with Gasteiger partial charge in [0.2, 0.25) is 0 Å². The number of methoxy groups -OCH3 is 1.